The maximum absolute atomic E-state index is 10.7. The first-order valence-electron chi connectivity index (χ1n) is 4.26. The van der Waals surface area contributed by atoms with E-state index in [-0.39, 0.29) is 0 Å². The topological polar surface area (TPSA) is 63.1 Å². The zero-order valence-corrected chi connectivity index (χ0v) is 8.52. The molecule has 1 heterocycles. The Morgan fingerprint density at radius 2 is 1.67 bits per heavy atom. The lowest BCUT2D eigenvalue weighted by Gasteiger charge is -1.99. The molecule has 1 N–H and O–H groups in total. The van der Waals surface area contributed by atoms with Crippen LogP contribution < -0.4 is 0 Å². The average molecular weight is 220 g/mol. The highest BCUT2D eigenvalue weighted by molar-refractivity contribution is 7.79. The molecular weight excluding hydrogens is 212 g/mol. The third-order valence-electron chi connectivity index (χ3n) is 1.88. The van der Waals surface area contributed by atoms with Crippen molar-refractivity contribution < 1.29 is 8.76 Å². The molecule has 0 spiro atoms. The van der Waals surface area contributed by atoms with Gasteiger partial charge in [-0.05, 0) is 30.3 Å². The molecule has 4 nitrogen and oxygen atoms in total. The summed E-state index contributed by atoms with van der Waals surface area (Å²) in [6.07, 6.45) is 3.31. The van der Waals surface area contributed by atoms with Gasteiger partial charge < -0.3 is 4.55 Å². The molecule has 0 amide bonds. The van der Waals surface area contributed by atoms with Crippen molar-refractivity contribution in [1.29, 1.82) is 0 Å². The van der Waals surface area contributed by atoms with Crippen molar-refractivity contribution in [2.45, 2.75) is 4.90 Å². The van der Waals surface area contributed by atoms with Crippen LogP contribution in [0.3, 0.4) is 0 Å². The third-order valence-corrected chi connectivity index (χ3v) is 2.56. The molecule has 0 fully saturated rings. The van der Waals surface area contributed by atoms with E-state index >= 15 is 0 Å². The summed E-state index contributed by atoms with van der Waals surface area (Å²) >= 11 is -1.93. The maximum Gasteiger partial charge on any atom is 0.186 e. The standard InChI is InChI=1S/C10H8N2O2S/c13-15(14)9-4-2-8(3-5-9)10-11-6-1-7-12-10/h1-7H,(H,13,14). The maximum atomic E-state index is 10.7. The minimum absolute atomic E-state index is 0.370. The van der Waals surface area contributed by atoms with Crippen molar-refractivity contribution in [2.75, 3.05) is 0 Å². The van der Waals surface area contributed by atoms with E-state index in [9.17, 15) is 4.21 Å². The van der Waals surface area contributed by atoms with Crippen molar-refractivity contribution >= 4 is 11.1 Å². The zero-order chi connectivity index (χ0) is 10.7. The summed E-state index contributed by atoms with van der Waals surface area (Å²) in [7, 11) is 0. The Balaban J connectivity index is 2.36. The highest BCUT2D eigenvalue weighted by Crippen LogP contribution is 2.15. The summed E-state index contributed by atoms with van der Waals surface area (Å²) in [4.78, 5) is 8.52. The second kappa shape index (κ2) is 4.29. The lowest BCUT2D eigenvalue weighted by molar-refractivity contribution is 0.564. The minimum atomic E-state index is -1.93. The van der Waals surface area contributed by atoms with Crippen molar-refractivity contribution in [3.8, 4) is 11.4 Å². The van der Waals surface area contributed by atoms with Gasteiger partial charge in [0.25, 0.3) is 0 Å². The molecular formula is C10H8N2O2S. The van der Waals surface area contributed by atoms with Crippen LogP contribution in [0.1, 0.15) is 0 Å². The second-order valence-corrected chi connectivity index (χ2v) is 3.82. The molecule has 76 valence electrons. The van der Waals surface area contributed by atoms with Crippen molar-refractivity contribution in [2.24, 2.45) is 0 Å². The highest BCUT2D eigenvalue weighted by atomic mass is 32.2. The first-order valence-corrected chi connectivity index (χ1v) is 5.36. The summed E-state index contributed by atoms with van der Waals surface area (Å²) in [5.41, 5.74) is 0.824. The van der Waals surface area contributed by atoms with Gasteiger partial charge >= 0.3 is 0 Å². The van der Waals surface area contributed by atoms with Crippen molar-refractivity contribution in [3.63, 3.8) is 0 Å². The van der Waals surface area contributed by atoms with Crippen LogP contribution in [0.2, 0.25) is 0 Å². The van der Waals surface area contributed by atoms with E-state index < -0.39 is 11.1 Å². The van der Waals surface area contributed by atoms with Gasteiger partial charge in [0.1, 0.15) is 0 Å². The third kappa shape index (κ3) is 2.26. The smallest absolute Gasteiger partial charge is 0.186 e. The quantitative estimate of drug-likeness (QED) is 0.783. The van der Waals surface area contributed by atoms with Crippen LogP contribution in [0.5, 0.6) is 0 Å². The van der Waals surface area contributed by atoms with E-state index in [0.29, 0.717) is 10.7 Å². The van der Waals surface area contributed by atoms with E-state index in [1.807, 2.05) is 0 Å². The van der Waals surface area contributed by atoms with E-state index in [4.69, 9.17) is 4.55 Å². The van der Waals surface area contributed by atoms with E-state index in [2.05, 4.69) is 9.97 Å². The number of benzene rings is 1. The van der Waals surface area contributed by atoms with Crippen molar-refractivity contribution in [1.82, 2.24) is 9.97 Å². The summed E-state index contributed by atoms with van der Waals surface area (Å²) in [6, 6.07) is 8.35. The van der Waals surface area contributed by atoms with E-state index in [1.165, 1.54) is 0 Å². The molecule has 0 saturated heterocycles. The van der Waals surface area contributed by atoms with Gasteiger partial charge in [0, 0.05) is 18.0 Å². The molecule has 1 aromatic heterocycles. The van der Waals surface area contributed by atoms with Gasteiger partial charge in [-0.1, -0.05) is 0 Å². The van der Waals surface area contributed by atoms with Gasteiger partial charge in [-0.15, -0.1) is 0 Å². The molecule has 1 aromatic carbocycles. The normalized spacial score (nSPS) is 12.3. The molecule has 0 aliphatic rings. The van der Waals surface area contributed by atoms with Gasteiger partial charge in [0.05, 0.1) is 4.90 Å². The molecule has 1 atom stereocenters. The zero-order valence-electron chi connectivity index (χ0n) is 7.70. The summed E-state index contributed by atoms with van der Waals surface area (Å²) < 4.78 is 19.6. The molecule has 15 heavy (non-hydrogen) atoms. The lowest BCUT2D eigenvalue weighted by atomic mass is 10.2. The summed E-state index contributed by atoms with van der Waals surface area (Å²) in [5, 5.41) is 0. The van der Waals surface area contributed by atoms with E-state index in [0.717, 1.165) is 5.56 Å². The van der Waals surface area contributed by atoms with Crippen LogP contribution in [-0.2, 0) is 11.1 Å². The average Bonchev–Trinajstić information content (AvgIpc) is 2.30. The Hall–Kier alpha value is -1.59. The number of hydrogen-bond acceptors (Lipinski definition) is 3. The fourth-order valence-electron chi connectivity index (χ4n) is 1.17. The Labute approximate surface area is 89.3 Å². The largest absolute Gasteiger partial charge is 0.302 e. The van der Waals surface area contributed by atoms with Gasteiger partial charge in [0.2, 0.25) is 0 Å². The summed E-state index contributed by atoms with van der Waals surface area (Å²) in [5.74, 6) is 0.604. The van der Waals surface area contributed by atoms with Crippen LogP contribution in [0, 0.1) is 0 Å². The first-order chi connectivity index (χ1) is 7.27. The Morgan fingerprint density at radius 1 is 1.07 bits per heavy atom. The fraction of sp³-hybridized carbons (Fsp3) is 0. The second-order valence-electron chi connectivity index (χ2n) is 2.85. The number of rotatable bonds is 2. The first kappa shape index (κ1) is 9.95. The Bertz CT molecular complexity index is 471. The molecule has 0 aliphatic carbocycles. The number of nitrogens with zero attached hydrogens (tertiary/aromatic N) is 2. The fourth-order valence-corrected chi connectivity index (χ4v) is 1.54. The van der Waals surface area contributed by atoms with Crippen LogP contribution in [0.15, 0.2) is 47.6 Å². The van der Waals surface area contributed by atoms with Gasteiger partial charge in [-0.25, -0.2) is 14.2 Å². The van der Waals surface area contributed by atoms with Gasteiger partial charge in [0.15, 0.2) is 16.9 Å². The van der Waals surface area contributed by atoms with Crippen LogP contribution in [-0.4, -0.2) is 18.7 Å². The Morgan fingerprint density at radius 3 is 2.20 bits per heavy atom. The summed E-state index contributed by atoms with van der Waals surface area (Å²) in [6.45, 7) is 0. The predicted molar refractivity (Wildman–Crippen MR) is 56.5 cm³/mol. The SMILES string of the molecule is O=S(O)c1ccc(-c2ncccn2)cc1. The number of aromatic nitrogens is 2. The van der Waals surface area contributed by atoms with Gasteiger partial charge in [-0.2, -0.15) is 0 Å². The molecule has 2 rings (SSSR count). The van der Waals surface area contributed by atoms with E-state index in [1.54, 1.807) is 42.7 Å². The molecule has 5 heteroatoms. The predicted octanol–water partition coefficient (Wildman–Crippen LogP) is 1.72. The molecule has 0 radical (unpaired) electrons. The minimum Gasteiger partial charge on any atom is -0.302 e. The Kier molecular flexibility index (Phi) is 2.84. The molecule has 0 aliphatic heterocycles. The lowest BCUT2D eigenvalue weighted by Crippen LogP contribution is -1.90. The molecule has 1 unspecified atom stereocenters. The monoisotopic (exact) mass is 220 g/mol. The number of hydrogen-bond donors (Lipinski definition) is 1. The molecule has 0 saturated carbocycles. The molecule has 0 bridgehead atoms. The van der Waals surface area contributed by atoms with Gasteiger partial charge in [-0.3, -0.25) is 0 Å². The van der Waals surface area contributed by atoms with Crippen LogP contribution in [0.4, 0.5) is 0 Å². The van der Waals surface area contributed by atoms with Crippen LogP contribution in [0.25, 0.3) is 11.4 Å². The van der Waals surface area contributed by atoms with Crippen LogP contribution >= 0.6 is 0 Å². The van der Waals surface area contributed by atoms with Crippen molar-refractivity contribution in [3.05, 3.63) is 42.7 Å². The highest BCUT2D eigenvalue weighted by Gasteiger charge is 2.02. The molecule has 2 aromatic rings.